The Morgan fingerprint density at radius 2 is 1.79 bits per heavy atom. The van der Waals surface area contributed by atoms with E-state index in [1.807, 2.05) is 24.3 Å². The average Bonchev–Trinajstić information content (AvgIpc) is 2.68. The van der Waals surface area contributed by atoms with Gasteiger partial charge in [0.15, 0.2) is 5.84 Å². The van der Waals surface area contributed by atoms with Crippen LogP contribution in [0.25, 0.3) is 0 Å². The van der Waals surface area contributed by atoms with Gasteiger partial charge in [0.1, 0.15) is 17.3 Å². The van der Waals surface area contributed by atoms with Crippen LogP contribution in [0, 0.1) is 0 Å². The van der Waals surface area contributed by atoms with E-state index in [9.17, 15) is 8.42 Å². The minimum atomic E-state index is -3.74. The van der Waals surface area contributed by atoms with Crippen LogP contribution in [0.5, 0.6) is 5.75 Å². The number of benzene rings is 3. The summed E-state index contributed by atoms with van der Waals surface area (Å²) in [5.41, 5.74) is 2.12. The predicted molar refractivity (Wildman–Crippen MR) is 114 cm³/mol. The first-order valence-electron chi connectivity index (χ1n) is 8.30. The van der Waals surface area contributed by atoms with Gasteiger partial charge in [-0.25, -0.2) is 0 Å². The summed E-state index contributed by atoms with van der Waals surface area (Å²) in [5, 5.41) is 3.75. The summed E-state index contributed by atoms with van der Waals surface area (Å²) in [5.74, 6) is 0.905. The van der Waals surface area contributed by atoms with E-state index in [2.05, 4.69) is 25.6 Å². The van der Waals surface area contributed by atoms with Crippen molar-refractivity contribution in [2.75, 3.05) is 5.32 Å². The summed E-state index contributed by atoms with van der Waals surface area (Å²) in [6.45, 7) is 0.385. The predicted octanol–water partition coefficient (Wildman–Crippen LogP) is 5.24. The van der Waals surface area contributed by atoms with Crippen LogP contribution in [-0.4, -0.2) is 14.3 Å². The number of sulfonamides is 1. The molecule has 28 heavy (non-hydrogen) atoms. The van der Waals surface area contributed by atoms with Crippen LogP contribution in [-0.2, 0) is 16.6 Å². The summed E-state index contributed by atoms with van der Waals surface area (Å²) < 4.78 is 35.3. The number of anilines is 1. The number of hydrogen-bond donors (Lipinski definition) is 1. The molecule has 4 rings (SSSR count). The Bertz CT molecular complexity index is 1180. The quantitative estimate of drug-likeness (QED) is 0.558. The average molecular weight is 478 g/mol. The van der Waals surface area contributed by atoms with E-state index < -0.39 is 10.0 Å². The molecule has 0 saturated heterocycles. The Hall–Kier alpha value is -2.35. The number of hydrogen-bond acceptors (Lipinski definition) is 4. The molecule has 3 aromatic rings. The molecule has 0 unspecified atom stereocenters. The van der Waals surface area contributed by atoms with Gasteiger partial charge in [0.2, 0.25) is 0 Å². The second-order valence-corrected chi connectivity index (χ2v) is 8.96. The zero-order chi connectivity index (χ0) is 19.7. The minimum absolute atomic E-state index is 0.167. The van der Waals surface area contributed by atoms with Crippen molar-refractivity contribution in [1.29, 1.82) is 0 Å². The van der Waals surface area contributed by atoms with Crippen LogP contribution < -0.4 is 10.1 Å². The molecule has 0 spiro atoms. The molecule has 1 heterocycles. The van der Waals surface area contributed by atoms with Gasteiger partial charge in [-0.3, -0.25) is 0 Å². The smallest absolute Gasteiger partial charge is 0.286 e. The van der Waals surface area contributed by atoms with Gasteiger partial charge >= 0.3 is 0 Å². The Morgan fingerprint density at radius 3 is 2.54 bits per heavy atom. The van der Waals surface area contributed by atoms with Crippen LogP contribution >= 0.6 is 27.5 Å². The lowest BCUT2D eigenvalue weighted by atomic mass is 10.2. The van der Waals surface area contributed by atoms with Gasteiger partial charge in [0, 0.05) is 10.6 Å². The summed E-state index contributed by atoms with van der Waals surface area (Å²) in [6.07, 6.45) is 0. The summed E-state index contributed by atoms with van der Waals surface area (Å²) >= 11 is 9.37. The van der Waals surface area contributed by atoms with E-state index in [-0.39, 0.29) is 10.7 Å². The number of rotatable bonds is 4. The van der Waals surface area contributed by atoms with Crippen molar-refractivity contribution >= 4 is 49.1 Å². The van der Waals surface area contributed by atoms with Crippen molar-refractivity contribution in [2.45, 2.75) is 11.5 Å². The molecule has 0 atom stereocenters. The molecule has 0 fully saturated rings. The van der Waals surface area contributed by atoms with Crippen molar-refractivity contribution in [3.05, 3.63) is 87.4 Å². The van der Waals surface area contributed by atoms with Crippen molar-refractivity contribution in [3.8, 4) is 5.75 Å². The summed E-state index contributed by atoms with van der Waals surface area (Å²) in [6, 6.07) is 19.4. The molecule has 0 radical (unpaired) electrons. The van der Waals surface area contributed by atoms with Gasteiger partial charge in [-0.1, -0.05) is 35.9 Å². The Labute approximate surface area is 176 Å². The molecule has 0 aromatic heterocycles. The van der Waals surface area contributed by atoms with Crippen molar-refractivity contribution in [3.63, 3.8) is 0 Å². The molecule has 0 saturated carbocycles. The molecule has 142 valence electrons. The number of ether oxygens (including phenoxy) is 1. The molecular formula is C20H14BrClN2O3S. The topological polar surface area (TPSA) is 67.8 Å². The SMILES string of the molecule is O=S1(=O)N=C(c2ccc(OCc3ccc(Cl)cc3)c(Br)c2)Nc2ccccc21. The lowest BCUT2D eigenvalue weighted by molar-refractivity contribution is 0.304. The standard InChI is InChI=1S/C20H14BrClN2O3S/c21-16-11-14(7-10-18(16)27-12-13-5-8-15(22)9-6-13)20-23-17-3-1-2-4-19(17)28(25,26)24-20/h1-11H,12H2,(H,23,24). The zero-order valence-corrected chi connectivity index (χ0v) is 17.6. The van der Waals surface area contributed by atoms with E-state index in [0.29, 0.717) is 33.1 Å². The number of nitrogens with one attached hydrogen (secondary N) is 1. The molecule has 1 aliphatic heterocycles. The van der Waals surface area contributed by atoms with Gasteiger partial charge in [-0.2, -0.15) is 8.42 Å². The Kier molecular flexibility index (Phi) is 5.14. The monoisotopic (exact) mass is 476 g/mol. The normalized spacial score (nSPS) is 14.6. The highest BCUT2D eigenvalue weighted by Gasteiger charge is 2.25. The number of fused-ring (bicyclic) bond motifs is 1. The molecule has 0 aliphatic carbocycles. The van der Waals surface area contributed by atoms with Crippen LogP contribution in [0.3, 0.4) is 0 Å². The molecule has 5 nitrogen and oxygen atoms in total. The van der Waals surface area contributed by atoms with Crippen molar-refractivity contribution in [2.24, 2.45) is 4.40 Å². The van der Waals surface area contributed by atoms with Crippen molar-refractivity contribution < 1.29 is 13.2 Å². The maximum atomic E-state index is 12.4. The minimum Gasteiger partial charge on any atom is -0.488 e. The van der Waals surface area contributed by atoms with Gasteiger partial charge in [0.25, 0.3) is 10.0 Å². The van der Waals surface area contributed by atoms with E-state index in [1.54, 1.807) is 36.4 Å². The highest BCUT2D eigenvalue weighted by molar-refractivity contribution is 9.10. The van der Waals surface area contributed by atoms with Gasteiger partial charge in [-0.15, -0.1) is 4.40 Å². The molecule has 0 amide bonds. The van der Waals surface area contributed by atoms with Crippen LogP contribution in [0.4, 0.5) is 5.69 Å². The van der Waals surface area contributed by atoms with Gasteiger partial charge in [0.05, 0.1) is 10.2 Å². The van der Waals surface area contributed by atoms with Crippen LogP contribution in [0.15, 0.2) is 80.5 Å². The zero-order valence-electron chi connectivity index (χ0n) is 14.4. The largest absolute Gasteiger partial charge is 0.488 e. The molecule has 1 N–H and O–H groups in total. The van der Waals surface area contributed by atoms with E-state index in [4.69, 9.17) is 16.3 Å². The molecule has 8 heteroatoms. The third-order valence-corrected chi connectivity index (χ3v) is 6.35. The van der Waals surface area contributed by atoms with Crippen LogP contribution in [0.1, 0.15) is 11.1 Å². The Balaban J connectivity index is 1.56. The fourth-order valence-corrected chi connectivity index (χ4v) is 4.50. The maximum absolute atomic E-state index is 12.4. The first kappa shape index (κ1) is 19.0. The second kappa shape index (κ2) is 7.58. The van der Waals surface area contributed by atoms with Gasteiger partial charge < -0.3 is 10.1 Å². The lowest BCUT2D eigenvalue weighted by Gasteiger charge is -2.18. The highest BCUT2D eigenvalue weighted by atomic mass is 79.9. The molecular weight excluding hydrogens is 464 g/mol. The number of amidine groups is 1. The maximum Gasteiger partial charge on any atom is 0.286 e. The highest BCUT2D eigenvalue weighted by Crippen LogP contribution is 2.31. The fraction of sp³-hybridized carbons (Fsp3) is 0.0500. The third kappa shape index (κ3) is 3.92. The third-order valence-electron chi connectivity index (χ3n) is 4.14. The molecule has 3 aromatic carbocycles. The van der Waals surface area contributed by atoms with E-state index in [1.165, 1.54) is 6.07 Å². The first-order chi connectivity index (χ1) is 13.4. The molecule has 0 bridgehead atoms. The van der Waals surface area contributed by atoms with Crippen molar-refractivity contribution in [1.82, 2.24) is 0 Å². The Morgan fingerprint density at radius 1 is 1.04 bits per heavy atom. The number of halogens is 2. The van der Waals surface area contributed by atoms with E-state index in [0.717, 1.165) is 5.56 Å². The summed E-state index contributed by atoms with van der Waals surface area (Å²) in [7, 11) is -3.74. The van der Waals surface area contributed by atoms with Crippen LogP contribution in [0.2, 0.25) is 5.02 Å². The van der Waals surface area contributed by atoms with Gasteiger partial charge in [-0.05, 0) is 64.0 Å². The first-order valence-corrected chi connectivity index (χ1v) is 10.9. The number of nitrogens with zero attached hydrogens (tertiary/aromatic N) is 1. The fourth-order valence-electron chi connectivity index (χ4n) is 2.75. The lowest BCUT2D eigenvalue weighted by Crippen LogP contribution is -2.22. The summed E-state index contributed by atoms with van der Waals surface area (Å²) in [4.78, 5) is 0.167. The van der Waals surface area contributed by atoms with E-state index >= 15 is 0 Å². The second-order valence-electron chi connectivity index (χ2n) is 6.10. The number of para-hydroxylation sites is 1. The molecule has 1 aliphatic rings.